The molecule has 1 heterocycles. The number of benzene rings is 2. The number of carbonyl (C=O) groups is 2. The summed E-state index contributed by atoms with van der Waals surface area (Å²) in [5, 5.41) is 0. The van der Waals surface area contributed by atoms with Crippen molar-refractivity contribution in [2.45, 2.75) is 103 Å². The maximum atomic E-state index is 13.4. The molecule has 0 amide bonds. The molecule has 0 saturated carbocycles. The topological polar surface area (TPSA) is 71.1 Å². The van der Waals surface area contributed by atoms with Crippen LogP contribution in [0.4, 0.5) is 0 Å². The van der Waals surface area contributed by atoms with Crippen molar-refractivity contribution in [1.82, 2.24) is 0 Å². The number of hydrogen-bond acceptors (Lipinski definition) is 6. The molecule has 0 aliphatic carbocycles. The lowest BCUT2D eigenvalue weighted by atomic mass is 10.0. The molecule has 3 rings (SSSR count). The first-order chi connectivity index (χ1) is 19.1. The van der Waals surface area contributed by atoms with Gasteiger partial charge in [-0.25, -0.2) is 9.59 Å². The van der Waals surface area contributed by atoms with Crippen molar-refractivity contribution in [3.63, 3.8) is 0 Å². The summed E-state index contributed by atoms with van der Waals surface area (Å²) in [6.45, 7) is 3.01. The van der Waals surface area contributed by atoms with Crippen LogP contribution in [0.25, 0.3) is 0 Å². The van der Waals surface area contributed by atoms with Gasteiger partial charge in [-0.1, -0.05) is 125 Å². The fourth-order valence-electron chi connectivity index (χ4n) is 4.75. The quantitative estimate of drug-likeness (QED) is 0.363. The van der Waals surface area contributed by atoms with Gasteiger partial charge in [0.15, 0.2) is 12.2 Å². The third-order valence-electron chi connectivity index (χ3n) is 7.14. The zero-order valence-electron chi connectivity index (χ0n) is 23.6. The molecule has 0 aromatic heterocycles. The first kappa shape index (κ1) is 30.8. The minimum absolute atomic E-state index is 0.0981. The van der Waals surface area contributed by atoms with Gasteiger partial charge >= 0.3 is 11.9 Å². The minimum atomic E-state index is -1.20. The molecule has 0 radical (unpaired) electrons. The van der Waals surface area contributed by atoms with Crippen molar-refractivity contribution < 1.29 is 28.5 Å². The van der Waals surface area contributed by atoms with Crippen LogP contribution in [0.3, 0.4) is 0 Å². The van der Waals surface area contributed by atoms with E-state index in [9.17, 15) is 9.59 Å². The molecule has 6 heteroatoms. The van der Waals surface area contributed by atoms with Crippen LogP contribution < -0.4 is 0 Å². The Labute approximate surface area is 234 Å². The van der Waals surface area contributed by atoms with E-state index in [0.29, 0.717) is 13.2 Å². The number of hydrogen-bond donors (Lipinski definition) is 0. The van der Waals surface area contributed by atoms with E-state index >= 15 is 0 Å². The van der Waals surface area contributed by atoms with Crippen LogP contribution in [0, 0.1) is 5.92 Å². The average molecular weight is 539 g/mol. The molecular weight excluding hydrogens is 492 g/mol. The molecule has 214 valence electrons. The summed E-state index contributed by atoms with van der Waals surface area (Å²) in [5.41, 5.74) is 1.73. The lowest BCUT2D eigenvalue weighted by Gasteiger charge is -2.26. The summed E-state index contributed by atoms with van der Waals surface area (Å²) in [5.74, 6) is -0.973. The Balaban J connectivity index is 1.72. The number of ether oxygens (including phenoxy) is 4. The fourth-order valence-corrected chi connectivity index (χ4v) is 4.75. The standard InChI is InChI=1S/C33H46O6/c1-27-18-12-8-6-4-2-3-5-7-9-17-23-36-30(32(34)38-25-28-19-13-10-14-20-28)31(37-24-27)33(35)39-26-29-21-15-11-16-22-29/h10-11,13-16,19-22,27,30-31H,2-9,12,17-18,23-26H2,1H3/t27-,30?,31-/m0/s1. The second kappa shape index (κ2) is 18.6. The summed E-state index contributed by atoms with van der Waals surface area (Å²) in [6, 6.07) is 19.0. The molecular formula is C33H46O6. The van der Waals surface area contributed by atoms with Gasteiger partial charge < -0.3 is 18.9 Å². The third kappa shape index (κ3) is 12.3. The fraction of sp³-hybridized carbons (Fsp3) is 0.576. The summed E-state index contributed by atoms with van der Waals surface area (Å²) >= 11 is 0. The maximum absolute atomic E-state index is 13.4. The molecule has 2 aromatic carbocycles. The predicted octanol–water partition coefficient (Wildman–Crippen LogP) is 7.18. The third-order valence-corrected chi connectivity index (χ3v) is 7.14. The van der Waals surface area contributed by atoms with Gasteiger partial charge in [0.1, 0.15) is 13.2 Å². The highest BCUT2D eigenvalue weighted by molar-refractivity contribution is 5.85. The van der Waals surface area contributed by atoms with Crippen molar-refractivity contribution in [2.24, 2.45) is 5.92 Å². The molecule has 0 spiro atoms. The van der Waals surface area contributed by atoms with E-state index in [4.69, 9.17) is 18.9 Å². The second-order valence-electron chi connectivity index (χ2n) is 10.7. The molecule has 2 aromatic rings. The zero-order chi connectivity index (χ0) is 27.5. The summed E-state index contributed by atoms with van der Waals surface area (Å²) in [6.07, 6.45) is 10.3. The Morgan fingerprint density at radius 3 is 1.59 bits per heavy atom. The molecule has 3 atom stereocenters. The first-order valence-corrected chi connectivity index (χ1v) is 14.8. The van der Waals surface area contributed by atoms with E-state index < -0.39 is 24.1 Å². The van der Waals surface area contributed by atoms with Gasteiger partial charge in [-0.05, 0) is 29.9 Å². The van der Waals surface area contributed by atoms with Crippen LogP contribution in [-0.2, 0) is 41.8 Å². The molecule has 1 aliphatic heterocycles. The highest BCUT2D eigenvalue weighted by atomic mass is 16.6. The van der Waals surface area contributed by atoms with E-state index in [1.165, 1.54) is 38.5 Å². The smallest absolute Gasteiger partial charge is 0.338 e. The van der Waals surface area contributed by atoms with Crippen LogP contribution in [0.5, 0.6) is 0 Å². The van der Waals surface area contributed by atoms with Gasteiger partial charge in [0.25, 0.3) is 0 Å². The summed E-state index contributed by atoms with van der Waals surface area (Å²) in [7, 11) is 0. The Morgan fingerprint density at radius 2 is 1.08 bits per heavy atom. The SMILES string of the molecule is C[C@H]1CCCCCCCCCCCCOC(C(=O)OCc2ccccc2)[C@@H](C(=O)OCc2ccccc2)OC1. The van der Waals surface area contributed by atoms with Crippen molar-refractivity contribution in [3.05, 3.63) is 71.8 Å². The van der Waals surface area contributed by atoms with Gasteiger partial charge in [-0.2, -0.15) is 0 Å². The molecule has 1 unspecified atom stereocenters. The van der Waals surface area contributed by atoms with Crippen LogP contribution in [0.2, 0.25) is 0 Å². The van der Waals surface area contributed by atoms with E-state index in [2.05, 4.69) is 6.92 Å². The zero-order valence-corrected chi connectivity index (χ0v) is 23.6. The lowest BCUT2D eigenvalue weighted by Crippen LogP contribution is -2.46. The van der Waals surface area contributed by atoms with Crippen LogP contribution in [-0.4, -0.2) is 37.4 Å². The highest BCUT2D eigenvalue weighted by Crippen LogP contribution is 2.19. The van der Waals surface area contributed by atoms with E-state index in [1.54, 1.807) is 0 Å². The van der Waals surface area contributed by atoms with E-state index in [1.807, 2.05) is 60.7 Å². The normalized spacial score (nSPS) is 22.6. The molecule has 1 saturated heterocycles. The molecule has 39 heavy (non-hydrogen) atoms. The van der Waals surface area contributed by atoms with Crippen LogP contribution in [0.15, 0.2) is 60.7 Å². The van der Waals surface area contributed by atoms with Gasteiger partial charge in [0, 0.05) is 6.61 Å². The molecule has 6 nitrogen and oxygen atoms in total. The monoisotopic (exact) mass is 538 g/mol. The van der Waals surface area contributed by atoms with Gasteiger partial charge in [-0.15, -0.1) is 0 Å². The summed E-state index contributed by atoms with van der Waals surface area (Å²) in [4.78, 5) is 26.7. The van der Waals surface area contributed by atoms with Gasteiger partial charge in [0.2, 0.25) is 0 Å². The number of esters is 2. The first-order valence-electron chi connectivity index (χ1n) is 14.8. The summed E-state index contributed by atoms with van der Waals surface area (Å²) < 4.78 is 23.4. The molecule has 1 fully saturated rings. The Kier molecular flexibility index (Phi) is 14.7. The Bertz CT molecular complexity index is 932. The van der Waals surface area contributed by atoms with Crippen molar-refractivity contribution in [1.29, 1.82) is 0 Å². The van der Waals surface area contributed by atoms with Gasteiger partial charge in [0.05, 0.1) is 6.61 Å². The molecule has 0 N–H and O–H groups in total. The highest BCUT2D eigenvalue weighted by Gasteiger charge is 2.38. The van der Waals surface area contributed by atoms with Crippen molar-refractivity contribution in [3.8, 4) is 0 Å². The number of rotatable bonds is 6. The van der Waals surface area contributed by atoms with Crippen molar-refractivity contribution in [2.75, 3.05) is 13.2 Å². The largest absolute Gasteiger partial charge is 0.459 e. The van der Waals surface area contributed by atoms with E-state index in [0.717, 1.165) is 43.2 Å². The van der Waals surface area contributed by atoms with Crippen LogP contribution >= 0.6 is 0 Å². The molecule has 0 bridgehead atoms. The average Bonchev–Trinajstić information content (AvgIpc) is 2.96. The maximum Gasteiger partial charge on any atom is 0.338 e. The van der Waals surface area contributed by atoms with Gasteiger partial charge in [-0.3, -0.25) is 0 Å². The van der Waals surface area contributed by atoms with E-state index in [-0.39, 0.29) is 19.1 Å². The molecule has 1 aliphatic rings. The Morgan fingerprint density at radius 1 is 0.641 bits per heavy atom. The number of carbonyl (C=O) groups excluding carboxylic acids is 2. The van der Waals surface area contributed by atoms with Crippen LogP contribution in [0.1, 0.15) is 88.7 Å². The second-order valence-corrected chi connectivity index (χ2v) is 10.7. The predicted molar refractivity (Wildman–Crippen MR) is 152 cm³/mol. The Hall–Kier alpha value is -2.70. The lowest BCUT2D eigenvalue weighted by molar-refractivity contribution is -0.186. The minimum Gasteiger partial charge on any atom is -0.459 e. The van der Waals surface area contributed by atoms with Crippen molar-refractivity contribution >= 4 is 11.9 Å².